The first-order valence-corrected chi connectivity index (χ1v) is 8.36. The van der Waals surface area contributed by atoms with Gasteiger partial charge in [0.05, 0.1) is 18.8 Å². The smallest absolute Gasteiger partial charge is 0.181 e. The number of H-pyrrole nitrogens is 1. The standard InChI is InChI=1S/C19H19FN4O.ClH/c20-17-7-2-1-6-16(17)19-21-18(22-23-19)15-5-3-4-14(12-15)13-24-8-10-25-11-9-24;/h1-7,12H,8-11,13H2,(H,21,22,23);1H. The van der Waals surface area contributed by atoms with Crippen molar-refractivity contribution < 1.29 is 9.13 Å². The Balaban J connectivity index is 0.00000196. The zero-order chi connectivity index (χ0) is 17.1. The van der Waals surface area contributed by atoms with Crippen LogP contribution in [0, 0.1) is 5.82 Å². The van der Waals surface area contributed by atoms with Crippen LogP contribution >= 0.6 is 12.4 Å². The third kappa shape index (κ3) is 4.09. The van der Waals surface area contributed by atoms with Crippen LogP contribution in [-0.2, 0) is 11.3 Å². The van der Waals surface area contributed by atoms with Gasteiger partial charge in [0.15, 0.2) is 11.6 Å². The highest BCUT2D eigenvalue weighted by Crippen LogP contribution is 2.23. The van der Waals surface area contributed by atoms with Gasteiger partial charge in [-0.3, -0.25) is 10.00 Å². The summed E-state index contributed by atoms with van der Waals surface area (Å²) in [4.78, 5) is 6.83. The van der Waals surface area contributed by atoms with E-state index in [9.17, 15) is 4.39 Å². The fraction of sp³-hybridized carbons (Fsp3) is 0.263. The number of morpholine rings is 1. The van der Waals surface area contributed by atoms with E-state index in [-0.39, 0.29) is 18.2 Å². The Labute approximate surface area is 157 Å². The van der Waals surface area contributed by atoms with Crippen molar-refractivity contribution in [1.29, 1.82) is 0 Å². The van der Waals surface area contributed by atoms with E-state index in [1.807, 2.05) is 12.1 Å². The highest BCUT2D eigenvalue weighted by atomic mass is 35.5. The van der Waals surface area contributed by atoms with Crippen LogP contribution in [0.2, 0.25) is 0 Å². The molecule has 1 fully saturated rings. The van der Waals surface area contributed by atoms with Gasteiger partial charge in [0, 0.05) is 25.2 Å². The first-order chi connectivity index (χ1) is 12.3. The molecule has 0 saturated carbocycles. The Morgan fingerprint density at radius 3 is 2.69 bits per heavy atom. The molecule has 5 nitrogen and oxygen atoms in total. The van der Waals surface area contributed by atoms with Gasteiger partial charge in [-0.1, -0.05) is 30.3 Å². The number of benzene rings is 2. The molecular weight excluding hydrogens is 355 g/mol. The Bertz CT molecular complexity index is 864. The summed E-state index contributed by atoms with van der Waals surface area (Å²) in [5, 5.41) is 7.09. The molecule has 2 aromatic carbocycles. The van der Waals surface area contributed by atoms with Crippen LogP contribution in [0.1, 0.15) is 5.56 Å². The average Bonchev–Trinajstić information content (AvgIpc) is 3.13. The van der Waals surface area contributed by atoms with Crippen LogP contribution in [0.3, 0.4) is 0 Å². The van der Waals surface area contributed by atoms with E-state index in [0.717, 1.165) is 38.4 Å². The molecular formula is C19H20ClFN4O. The molecule has 0 radical (unpaired) electrons. The topological polar surface area (TPSA) is 54.0 Å². The summed E-state index contributed by atoms with van der Waals surface area (Å²) >= 11 is 0. The van der Waals surface area contributed by atoms with Crippen molar-refractivity contribution in [3.8, 4) is 22.8 Å². The molecule has 0 spiro atoms. The predicted molar refractivity (Wildman–Crippen MR) is 101 cm³/mol. The molecule has 1 N–H and O–H groups in total. The van der Waals surface area contributed by atoms with Crippen molar-refractivity contribution in [3.05, 3.63) is 59.9 Å². The van der Waals surface area contributed by atoms with Crippen LogP contribution in [0.15, 0.2) is 48.5 Å². The van der Waals surface area contributed by atoms with E-state index in [0.29, 0.717) is 17.2 Å². The zero-order valence-corrected chi connectivity index (χ0v) is 15.0. The van der Waals surface area contributed by atoms with Crippen molar-refractivity contribution >= 4 is 12.4 Å². The molecule has 1 saturated heterocycles. The summed E-state index contributed by atoms with van der Waals surface area (Å²) in [6, 6.07) is 14.7. The number of ether oxygens (including phenoxy) is 1. The first-order valence-electron chi connectivity index (χ1n) is 8.36. The Hall–Kier alpha value is -2.28. The molecule has 7 heteroatoms. The van der Waals surface area contributed by atoms with Crippen molar-refractivity contribution in [3.63, 3.8) is 0 Å². The van der Waals surface area contributed by atoms with E-state index in [1.54, 1.807) is 18.2 Å². The van der Waals surface area contributed by atoms with Gasteiger partial charge in [0.2, 0.25) is 0 Å². The Morgan fingerprint density at radius 2 is 1.88 bits per heavy atom. The van der Waals surface area contributed by atoms with Gasteiger partial charge in [-0.25, -0.2) is 9.37 Å². The Kier molecular flexibility index (Phi) is 5.98. The van der Waals surface area contributed by atoms with Crippen LogP contribution in [-0.4, -0.2) is 46.4 Å². The van der Waals surface area contributed by atoms with Gasteiger partial charge in [-0.15, -0.1) is 12.4 Å². The van der Waals surface area contributed by atoms with Gasteiger partial charge in [-0.05, 0) is 23.8 Å². The minimum Gasteiger partial charge on any atom is -0.379 e. The summed E-state index contributed by atoms with van der Waals surface area (Å²) in [6.07, 6.45) is 0. The molecule has 136 valence electrons. The third-order valence-corrected chi connectivity index (χ3v) is 4.31. The summed E-state index contributed by atoms with van der Waals surface area (Å²) in [5.74, 6) is 0.694. The van der Waals surface area contributed by atoms with E-state index < -0.39 is 0 Å². The molecule has 26 heavy (non-hydrogen) atoms. The molecule has 2 heterocycles. The van der Waals surface area contributed by atoms with Crippen molar-refractivity contribution in [2.45, 2.75) is 6.54 Å². The van der Waals surface area contributed by atoms with Gasteiger partial charge in [0.25, 0.3) is 0 Å². The van der Waals surface area contributed by atoms with Crippen molar-refractivity contribution in [2.75, 3.05) is 26.3 Å². The molecule has 0 bridgehead atoms. The molecule has 4 rings (SSSR count). The predicted octanol–water partition coefficient (Wildman–Crippen LogP) is 3.53. The van der Waals surface area contributed by atoms with Crippen LogP contribution < -0.4 is 0 Å². The second kappa shape index (κ2) is 8.40. The molecule has 0 amide bonds. The van der Waals surface area contributed by atoms with Crippen molar-refractivity contribution in [2.24, 2.45) is 0 Å². The lowest BCUT2D eigenvalue weighted by Gasteiger charge is -2.26. The summed E-state index contributed by atoms with van der Waals surface area (Å²) < 4.78 is 19.3. The normalized spacial score (nSPS) is 14.8. The molecule has 1 aromatic heterocycles. The number of hydrogen-bond donors (Lipinski definition) is 1. The van der Waals surface area contributed by atoms with Gasteiger partial charge in [-0.2, -0.15) is 5.10 Å². The fourth-order valence-electron chi connectivity index (χ4n) is 2.99. The zero-order valence-electron chi connectivity index (χ0n) is 14.2. The number of rotatable bonds is 4. The molecule has 1 aliphatic heterocycles. The van der Waals surface area contributed by atoms with Gasteiger partial charge < -0.3 is 4.74 Å². The second-order valence-corrected chi connectivity index (χ2v) is 6.08. The van der Waals surface area contributed by atoms with Crippen molar-refractivity contribution in [1.82, 2.24) is 20.1 Å². The Morgan fingerprint density at radius 1 is 1.08 bits per heavy atom. The quantitative estimate of drug-likeness (QED) is 0.759. The molecule has 1 aliphatic rings. The minimum atomic E-state index is -0.314. The van der Waals surface area contributed by atoms with E-state index >= 15 is 0 Å². The molecule has 0 unspecified atom stereocenters. The number of aromatic amines is 1. The maximum Gasteiger partial charge on any atom is 0.181 e. The number of nitrogens with zero attached hydrogens (tertiary/aromatic N) is 3. The summed E-state index contributed by atoms with van der Waals surface area (Å²) in [5.41, 5.74) is 2.55. The first kappa shape index (κ1) is 18.5. The third-order valence-electron chi connectivity index (χ3n) is 4.31. The lowest BCUT2D eigenvalue weighted by Crippen LogP contribution is -2.35. The summed E-state index contributed by atoms with van der Waals surface area (Å²) in [7, 11) is 0. The second-order valence-electron chi connectivity index (χ2n) is 6.08. The molecule has 0 atom stereocenters. The van der Waals surface area contributed by atoms with Crippen LogP contribution in [0.5, 0.6) is 0 Å². The lowest BCUT2D eigenvalue weighted by atomic mass is 10.1. The molecule has 3 aromatic rings. The van der Waals surface area contributed by atoms with Gasteiger partial charge in [0.1, 0.15) is 5.82 Å². The maximum atomic E-state index is 13.9. The number of halogens is 2. The van der Waals surface area contributed by atoms with E-state index in [4.69, 9.17) is 4.74 Å². The van der Waals surface area contributed by atoms with E-state index in [2.05, 4.69) is 32.2 Å². The summed E-state index contributed by atoms with van der Waals surface area (Å²) in [6.45, 7) is 4.34. The highest BCUT2D eigenvalue weighted by Gasteiger charge is 2.13. The maximum absolute atomic E-state index is 13.9. The molecule has 0 aliphatic carbocycles. The number of aromatic nitrogens is 3. The van der Waals surface area contributed by atoms with Gasteiger partial charge >= 0.3 is 0 Å². The SMILES string of the molecule is Cl.Fc1ccccc1-c1nc(-c2cccc(CN3CCOCC3)c2)n[nH]1. The monoisotopic (exact) mass is 374 g/mol. The van der Waals surface area contributed by atoms with Crippen LogP contribution in [0.4, 0.5) is 4.39 Å². The largest absolute Gasteiger partial charge is 0.379 e. The minimum absolute atomic E-state index is 0. The lowest BCUT2D eigenvalue weighted by molar-refractivity contribution is 0.0342. The van der Waals surface area contributed by atoms with Crippen LogP contribution in [0.25, 0.3) is 22.8 Å². The number of hydrogen-bond acceptors (Lipinski definition) is 4. The highest BCUT2D eigenvalue weighted by molar-refractivity contribution is 5.85. The number of nitrogens with one attached hydrogen (secondary N) is 1. The van der Waals surface area contributed by atoms with E-state index in [1.165, 1.54) is 11.6 Å². The fourth-order valence-corrected chi connectivity index (χ4v) is 2.99. The average molecular weight is 375 g/mol.